The van der Waals surface area contributed by atoms with Crippen LogP contribution in [0.5, 0.6) is 0 Å². The molecule has 0 radical (unpaired) electrons. The van der Waals surface area contributed by atoms with Gasteiger partial charge in [0.25, 0.3) is 0 Å². The fraction of sp³-hybridized carbons (Fsp3) is 0.409. The van der Waals surface area contributed by atoms with E-state index in [0.29, 0.717) is 11.8 Å². The molecule has 2 fully saturated rings. The molecular formula is C22H25NOS. The van der Waals surface area contributed by atoms with Crippen molar-refractivity contribution < 1.29 is 4.79 Å². The van der Waals surface area contributed by atoms with E-state index in [-0.39, 0.29) is 11.2 Å². The van der Waals surface area contributed by atoms with E-state index in [1.807, 2.05) is 12.1 Å². The zero-order valence-electron chi connectivity index (χ0n) is 14.4. The lowest BCUT2D eigenvalue weighted by atomic mass is 10.0. The summed E-state index contributed by atoms with van der Waals surface area (Å²) in [7, 11) is 0. The first kappa shape index (κ1) is 16.7. The van der Waals surface area contributed by atoms with Crippen LogP contribution in [0.25, 0.3) is 0 Å². The second-order valence-electron chi connectivity index (χ2n) is 7.28. The number of hydrogen-bond donors (Lipinski definition) is 1. The van der Waals surface area contributed by atoms with Gasteiger partial charge in [0.2, 0.25) is 5.91 Å². The minimum atomic E-state index is 0.200. The first-order valence-corrected chi connectivity index (χ1v) is 10.4. The molecule has 2 aliphatic carbocycles. The molecule has 0 heterocycles. The summed E-state index contributed by atoms with van der Waals surface area (Å²) in [4.78, 5) is 12.6. The van der Waals surface area contributed by atoms with E-state index in [1.165, 1.54) is 36.8 Å². The number of benzene rings is 2. The van der Waals surface area contributed by atoms with E-state index < -0.39 is 0 Å². The summed E-state index contributed by atoms with van der Waals surface area (Å²) in [6.45, 7) is 0. The Morgan fingerprint density at radius 3 is 1.80 bits per heavy atom. The molecule has 130 valence electrons. The number of carbonyl (C=O) groups excluding carboxylic acids is 1. The molecule has 0 saturated heterocycles. The standard InChI is InChI=1S/C22H25NOS/c24-20(23-21(16-11-12-16)17-13-14-17)15-25-22(18-7-3-1-4-8-18)19-9-5-2-6-10-19/h1-10,16-17,21-22H,11-15H2,(H,23,24). The molecule has 0 aromatic heterocycles. The number of thioether (sulfide) groups is 1. The Bertz CT molecular complexity index is 643. The van der Waals surface area contributed by atoms with Crippen LogP contribution in [-0.2, 0) is 4.79 Å². The molecule has 2 saturated carbocycles. The van der Waals surface area contributed by atoms with Gasteiger partial charge in [0.1, 0.15) is 0 Å². The highest BCUT2D eigenvalue weighted by Crippen LogP contribution is 2.44. The second-order valence-corrected chi connectivity index (χ2v) is 8.37. The van der Waals surface area contributed by atoms with Crippen LogP contribution >= 0.6 is 11.8 Å². The minimum absolute atomic E-state index is 0.200. The molecule has 0 atom stereocenters. The average molecular weight is 352 g/mol. The molecule has 4 rings (SSSR count). The fourth-order valence-electron chi connectivity index (χ4n) is 3.56. The first-order valence-electron chi connectivity index (χ1n) is 9.32. The van der Waals surface area contributed by atoms with Crippen LogP contribution in [0, 0.1) is 11.8 Å². The maximum absolute atomic E-state index is 12.6. The van der Waals surface area contributed by atoms with Crippen molar-refractivity contribution in [2.45, 2.75) is 37.0 Å². The van der Waals surface area contributed by atoms with Gasteiger partial charge in [-0.3, -0.25) is 4.79 Å². The fourth-order valence-corrected chi connectivity index (χ4v) is 4.66. The molecule has 0 bridgehead atoms. The molecule has 2 aromatic rings. The monoisotopic (exact) mass is 351 g/mol. The van der Waals surface area contributed by atoms with Gasteiger partial charge in [-0.1, -0.05) is 60.7 Å². The maximum Gasteiger partial charge on any atom is 0.230 e. The topological polar surface area (TPSA) is 29.1 Å². The number of nitrogens with one attached hydrogen (secondary N) is 1. The third kappa shape index (κ3) is 4.46. The molecule has 0 aliphatic heterocycles. The Kier molecular flexibility index (Phi) is 5.12. The molecule has 3 heteroatoms. The Morgan fingerprint density at radius 2 is 1.36 bits per heavy atom. The normalized spacial score (nSPS) is 17.0. The smallest absolute Gasteiger partial charge is 0.230 e. The van der Waals surface area contributed by atoms with Crippen molar-refractivity contribution in [3.05, 3.63) is 71.8 Å². The van der Waals surface area contributed by atoms with E-state index in [0.717, 1.165) is 11.8 Å². The Labute approximate surface area is 154 Å². The summed E-state index contributed by atoms with van der Waals surface area (Å²) in [6, 6.07) is 21.4. The number of carbonyl (C=O) groups is 1. The summed E-state index contributed by atoms with van der Waals surface area (Å²) < 4.78 is 0. The van der Waals surface area contributed by atoms with Gasteiger partial charge in [-0.2, -0.15) is 0 Å². The Balaban J connectivity index is 1.41. The Morgan fingerprint density at radius 1 is 0.880 bits per heavy atom. The van der Waals surface area contributed by atoms with Crippen LogP contribution in [0.15, 0.2) is 60.7 Å². The third-order valence-electron chi connectivity index (χ3n) is 5.17. The molecule has 0 unspecified atom stereocenters. The van der Waals surface area contributed by atoms with E-state index >= 15 is 0 Å². The quantitative estimate of drug-likeness (QED) is 0.739. The molecule has 25 heavy (non-hydrogen) atoms. The summed E-state index contributed by atoms with van der Waals surface area (Å²) in [5, 5.41) is 3.54. The van der Waals surface area contributed by atoms with Crippen LogP contribution in [-0.4, -0.2) is 17.7 Å². The van der Waals surface area contributed by atoms with Crippen molar-refractivity contribution in [3.63, 3.8) is 0 Å². The maximum atomic E-state index is 12.6. The second kappa shape index (κ2) is 7.65. The lowest BCUT2D eigenvalue weighted by Gasteiger charge is -2.20. The molecule has 2 aromatic carbocycles. The van der Waals surface area contributed by atoms with Gasteiger partial charge in [-0.05, 0) is 48.6 Å². The van der Waals surface area contributed by atoms with E-state index in [4.69, 9.17) is 0 Å². The molecule has 1 amide bonds. The molecule has 0 spiro atoms. The van der Waals surface area contributed by atoms with Gasteiger partial charge in [0.15, 0.2) is 0 Å². The highest BCUT2D eigenvalue weighted by atomic mass is 32.2. The predicted octanol–water partition coefficient (Wildman–Crippen LogP) is 4.81. The highest BCUT2D eigenvalue weighted by molar-refractivity contribution is 8.00. The summed E-state index contributed by atoms with van der Waals surface area (Å²) >= 11 is 1.73. The molecule has 2 aliphatic rings. The largest absolute Gasteiger partial charge is 0.352 e. The molecule has 1 N–H and O–H groups in total. The van der Waals surface area contributed by atoms with E-state index in [9.17, 15) is 4.79 Å². The van der Waals surface area contributed by atoms with Crippen LogP contribution < -0.4 is 5.32 Å². The van der Waals surface area contributed by atoms with Crippen LogP contribution in [0.2, 0.25) is 0 Å². The van der Waals surface area contributed by atoms with Crippen molar-refractivity contribution in [2.24, 2.45) is 11.8 Å². The molecular weight excluding hydrogens is 326 g/mol. The molecule has 2 nitrogen and oxygen atoms in total. The van der Waals surface area contributed by atoms with E-state index in [2.05, 4.69) is 53.8 Å². The van der Waals surface area contributed by atoms with Gasteiger partial charge in [0.05, 0.1) is 11.0 Å². The van der Waals surface area contributed by atoms with Crippen molar-refractivity contribution in [3.8, 4) is 0 Å². The van der Waals surface area contributed by atoms with Gasteiger partial charge in [0, 0.05) is 6.04 Å². The van der Waals surface area contributed by atoms with Gasteiger partial charge < -0.3 is 5.32 Å². The summed E-state index contributed by atoms with van der Waals surface area (Å²) in [6.07, 6.45) is 5.19. The van der Waals surface area contributed by atoms with E-state index in [1.54, 1.807) is 11.8 Å². The van der Waals surface area contributed by atoms with Crippen molar-refractivity contribution in [1.82, 2.24) is 5.32 Å². The van der Waals surface area contributed by atoms with Gasteiger partial charge in [-0.25, -0.2) is 0 Å². The van der Waals surface area contributed by atoms with Gasteiger partial charge in [-0.15, -0.1) is 11.8 Å². The van der Waals surface area contributed by atoms with Crippen molar-refractivity contribution in [1.29, 1.82) is 0 Å². The summed E-state index contributed by atoms with van der Waals surface area (Å²) in [5.74, 6) is 2.22. The average Bonchev–Trinajstić information content (AvgIpc) is 3.56. The zero-order chi connectivity index (χ0) is 17.1. The van der Waals surface area contributed by atoms with Crippen LogP contribution in [0.1, 0.15) is 42.1 Å². The lowest BCUT2D eigenvalue weighted by Crippen LogP contribution is -2.39. The number of rotatable bonds is 8. The summed E-state index contributed by atoms with van der Waals surface area (Å²) in [5.41, 5.74) is 2.51. The highest BCUT2D eigenvalue weighted by Gasteiger charge is 2.42. The third-order valence-corrected chi connectivity index (χ3v) is 6.48. The lowest BCUT2D eigenvalue weighted by molar-refractivity contribution is -0.119. The zero-order valence-corrected chi connectivity index (χ0v) is 15.3. The number of amides is 1. The van der Waals surface area contributed by atoms with Crippen LogP contribution in [0.3, 0.4) is 0 Å². The predicted molar refractivity (Wildman–Crippen MR) is 105 cm³/mol. The first-order chi connectivity index (χ1) is 12.3. The number of hydrogen-bond acceptors (Lipinski definition) is 2. The van der Waals surface area contributed by atoms with Gasteiger partial charge >= 0.3 is 0 Å². The van der Waals surface area contributed by atoms with Crippen molar-refractivity contribution >= 4 is 17.7 Å². The van der Waals surface area contributed by atoms with Crippen LogP contribution in [0.4, 0.5) is 0 Å². The SMILES string of the molecule is O=C(CSC(c1ccccc1)c1ccccc1)NC(C1CC1)C1CC1. The van der Waals surface area contributed by atoms with Crippen molar-refractivity contribution in [2.75, 3.05) is 5.75 Å². The Hall–Kier alpha value is -1.74. The minimum Gasteiger partial charge on any atom is -0.352 e.